The van der Waals surface area contributed by atoms with E-state index in [2.05, 4.69) is 26.8 Å². The molecule has 0 unspecified atom stereocenters. The second kappa shape index (κ2) is 8.24. The van der Waals surface area contributed by atoms with E-state index in [0.29, 0.717) is 24.4 Å². The van der Waals surface area contributed by atoms with Crippen LogP contribution in [0.4, 0.5) is 5.82 Å². The largest absolute Gasteiger partial charge is 0.491 e. The molecule has 1 saturated heterocycles. The van der Waals surface area contributed by atoms with E-state index in [-0.39, 0.29) is 12.7 Å². The monoisotopic (exact) mass is 408 g/mol. The van der Waals surface area contributed by atoms with E-state index < -0.39 is 0 Å². The van der Waals surface area contributed by atoms with Crippen molar-refractivity contribution in [3.05, 3.63) is 36.8 Å². The highest BCUT2D eigenvalue weighted by molar-refractivity contribution is 6.00. The van der Waals surface area contributed by atoms with Crippen molar-refractivity contribution in [1.82, 2.24) is 14.5 Å². The van der Waals surface area contributed by atoms with Crippen molar-refractivity contribution in [1.29, 1.82) is 0 Å². The first-order valence-corrected chi connectivity index (χ1v) is 10.8. The molecule has 0 amide bonds. The molecule has 5 rings (SSSR count). The minimum Gasteiger partial charge on any atom is -0.491 e. The van der Waals surface area contributed by atoms with Gasteiger partial charge in [-0.05, 0) is 55.7 Å². The van der Waals surface area contributed by atoms with Crippen molar-refractivity contribution in [3.63, 3.8) is 0 Å². The number of aliphatic hydroxyl groups excluding tert-OH is 1. The zero-order valence-corrected chi connectivity index (χ0v) is 17.0. The van der Waals surface area contributed by atoms with Crippen LogP contribution in [0, 0.1) is 5.92 Å². The molecule has 1 saturated carbocycles. The van der Waals surface area contributed by atoms with Gasteiger partial charge in [-0.25, -0.2) is 9.97 Å². The van der Waals surface area contributed by atoms with Crippen molar-refractivity contribution in [3.8, 4) is 16.9 Å². The van der Waals surface area contributed by atoms with Crippen LogP contribution in [0.5, 0.6) is 5.75 Å². The van der Waals surface area contributed by atoms with E-state index in [1.165, 1.54) is 12.7 Å². The fourth-order valence-corrected chi connectivity index (χ4v) is 4.56. The summed E-state index contributed by atoms with van der Waals surface area (Å²) < 4.78 is 14.0. The third kappa shape index (κ3) is 3.63. The number of fused-ring (bicyclic) bond motifs is 1. The summed E-state index contributed by atoms with van der Waals surface area (Å²) >= 11 is 0. The van der Waals surface area contributed by atoms with Crippen LogP contribution in [0.3, 0.4) is 0 Å². The summed E-state index contributed by atoms with van der Waals surface area (Å²) in [4.78, 5) is 8.75. The van der Waals surface area contributed by atoms with E-state index in [1.807, 2.05) is 18.2 Å². The van der Waals surface area contributed by atoms with Crippen molar-refractivity contribution < 1.29 is 14.6 Å². The lowest BCUT2D eigenvalue weighted by atomic mass is 9.81. The summed E-state index contributed by atoms with van der Waals surface area (Å²) in [6.07, 6.45) is 9.11. The van der Waals surface area contributed by atoms with Gasteiger partial charge in [0.1, 0.15) is 30.1 Å². The molecule has 2 aliphatic rings. The van der Waals surface area contributed by atoms with Gasteiger partial charge in [-0.3, -0.25) is 0 Å². The van der Waals surface area contributed by atoms with Gasteiger partial charge in [0.25, 0.3) is 0 Å². The molecule has 2 aromatic heterocycles. The molecule has 7 heteroatoms. The molecule has 3 heterocycles. The van der Waals surface area contributed by atoms with Crippen LogP contribution in [0.15, 0.2) is 36.8 Å². The lowest BCUT2D eigenvalue weighted by Crippen LogP contribution is -2.28. The summed E-state index contributed by atoms with van der Waals surface area (Å²) in [5.41, 5.74) is 9.15. The highest BCUT2D eigenvalue weighted by atomic mass is 16.5. The van der Waals surface area contributed by atoms with Gasteiger partial charge in [-0.1, -0.05) is 12.1 Å². The standard InChI is InChI=1S/C23H28N4O3/c24-22-21-20(11-27(23(21)26-14-25-22)17-8-15(9-17)12-28)16-4-3-6-18(10-16)30-13-19-5-1-2-7-29-19/h3-4,6,10-11,14-15,17,19,28H,1-2,5,7-9,12-13H2,(H2,24,25,26)/t15-,17+,19-/m1/s1. The number of aliphatic hydroxyl groups is 1. The zero-order valence-electron chi connectivity index (χ0n) is 17.0. The van der Waals surface area contributed by atoms with E-state index in [4.69, 9.17) is 15.2 Å². The van der Waals surface area contributed by atoms with E-state index in [1.54, 1.807) is 0 Å². The predicted molar refractivity (Wildman–Crippen MR) is 115 cm³/mol. The number of nitrogens with zero attached hydrogens (tertiary/aromatic N) is 3. The Morgan fingerprint density at radius 1 is 1.23 bits per heavy atom. The molecule has 2 fully saturated rings. The fraction of sp³-hybridized carbons (Fsp3) is 0.478. The minimum atomic E-state index is 0.173. The SMILES string of the molecule is Nc1ncnc2c1c(-c1cccc(OC[C@H]3CCCCO3)c1)cn2[C@H]1C[C@@H](CO)C1. The quantitative estimate of drug-likeness (QED) is 0.647. The molecule has 0 spiro atoms. The van der Waals surface area contributed by atoms with Gasteiger partial charge in [-0.2, -0.15) is 0 Å². The van der Waals surface area contributed by atoms with Crippen LogP contribution in [0.25, 0.3) is 22.2 Å². The Bertz CT molecular complexity index is 1020. The maximum atomic E-state index is 9.39. The first-order chi connectivity index (χ1) is 14.7. The predicted octanol–water partition coefficient (Wildman–Crippen LogP) is 3.57. The maximum Gasteiger partial charge on any atom is 0.146 e. The number of aromatic nitrogens is 3. The van der Waals surface area contributed by atoms with Gasteiger partial charge >= 0.3 is 0 Å². The molecular formula is C23H28N4O3. The molecule has 0 radical (unpaired) electrons. The number of benzene rings is 1. The third-order valence-electron chi connectivity index (χ3n) is 6.36. The number of nitrogens with two attached hydrogens (primary N) is 1. The van der Waals surface area contributed by atoms with Crippen LogP contribution in [-0.2, 0) is 4.74 Å². The Morgan fingerprint density at radius 3 is 2.93 bits per heavy atom. The fourth-order valence-electron chi connectivity index (χ4n) is 4.56. The zero-order chi connectivity index (χ0) is 20.5. The lowest BCUT2D eigenvalue weighted by Gasteiger charge is -2.35. The Morgan fingerprint density at radius 2 is 2.13 bits per heavy atom. The number of anilines is 1. The molecule has 3 N–H and O–H groups in total. The molecule has 3 aromatic rings. The van der Waals surface area contributed by atoms with Crippen LogP contribution >= 0.6 is 0 Å². The van der Waals surface area contributed by atoms with Gasteiger partial charge in [0.2, 0.25) is 0 Å². The van der Waals surface area contributed by atoms with Crippen LogP contribution in [0.1, 0.15) is 38.1 Å². The van der Waals surface area contributed by atoms with Gasteiger partial charge in [0.05, 0.1) is 11.5 Å². The minimum absolute atomic E-state index is 0.173. The van der Waals surface area contributed by atoms with Gasteiger partial charge in [0.15, 0.2) is 0 Å². The highest BCUT2D eigenvalue weighted by Crippen LogP contribution is 2.42. The number of hydrogen-bond acceptors (Lipinski definition) is 6. The summed E-state index contributed by atoms with van der Waals surface area (Å²) in [5.74, 6) is 1.67. The van der Waals surface area contributed by atoms with Crippen molar-refractivity contribution >= 4 is 16.9 Å². The molecule has 1 aliphatic carbocycles. The average molecular weight is 409 g/mol. The molecule has 158 valence electrons. The van der Waals surface area contributed by atoms with Crippen LogP contribution in [0.2, 0.25) is 0 Å². The summed E-state index contributed by atoms with van der Waals surface area (Å²) in [6, 6.07) is 8.41. The lowest BCUT2D eigenvalue weighted by molar-refractivity contribution is -0.0110. The average Bonchev–Trinajstić information content (AvgIpc) is 3.13. The van der Waals surface area contributed by atoms with E-state index in [0.717, 1.165) is 60.2 Å². The normalized spacial score (nSPS) is 24.0. The molecule has 30 heavy (non-hydrogen) atoms. The number of rotatable bonds is 6. The Kier molecular flexibility index (Phi) is 5.31. The number of nitrogen functional groups attached to an aromatic ring is 1. The van der Waals surface area contributed by atoms with E-state index in [9.17, 15) is 5.11 Å². The topological polar surface area (TPSA) is 95.4 Å². The van der Waals surface area contributed by atoms with Crippen LogP contribution in [-0.4, -0.2) is 45.6 Å². The second-order valence-corrected chi connectivity index (χ2v) is 8.41. The number of hydrogen-bond donors (Lipinski definition) is 2. The maximum absolute atomic E-state index is 9.39. The van der Waals surface area contributed by atoms with Crippen molar-refractivity contribution in [2.24, 2.45) is 5.92 Å². The van der Waals surface area contributed by atoms with Crippen molar-refractivity contribution in [2.45, 2.75) is 44.2 Å². The third-order valence-corrected chi connectivity index (χ3v) is 6.36. The second-order valence-electron chi connectivity index (χ2n) is 8.41. The first-order valence-electron chi connectivity index (χ1n) is 10.8. The molecule has 1 aliphatic heterocycles. The van der Waals surface area contributed by atoms with Crippen molar-refractivity contribution in [2.75, 3.05) is 25.6 Å². The van der Waals surface area contributed by atoms with Crippen LogP contribution < -0.4 is 10.5 Å². The number of ether oxygens (including phenoxy) is 2. The van der Waals surface area contributed by atoms with Gasteiger partial charge in [0, 0.05) is 31.0 Å². The summed E-state index contributed by atoms with van der Waals surface area (Å²) in [7, 11) is 0. The first kappa shape index (κ1) is 19.3. The Balaban J connectivity index is 1.44. The van der Waals surface area contributed by atoms with E-state index >= 15 is 0 Å². The summed E-state index contributed by atoms with van der Waals surface area (Å²) in [6.45, 7) is 1.63. The molecular weight excluding hydrogens is 380 g/mol. The molecule has 1 aromatic carbocycles. The van der Waals surface area contributed by atoms with Gasteiger partial charge < -0.3 is 24.9 Å². The Labute approximate surface area is 175 Å². The Hall–Kier alpha value is -2.64. The summed E-state index contributed by atoms with van der Waals surface area (Å²) in [5, 5.41) is 10.3. The molecule has 7 nitrogen and oxygen atoms in total. The smallest absolute Gasteiger partial charge is 0.146 e. The highest BCUT2D eigenvalue weighted by Gasteiger charge is 2.32. The molecule has 0 bridgehead atoms. The van der Waals surface area contributed by atoms with Gasteiger partial charge in [-0.15, -0.1) is 0 Å². The molecule has 1 atom stereocenters.